The Balaban J connectivity index is 1.71. The first-order valence-corrected chi connectivity index (χ1v) is 9.80. The highest BCUT2D eigenvalue weighted by atomic mass is 14.6. The van der Waals surface area contributed by atoms with Crippen molar-refractivity contribution in [2.75, 3.05) is 0 Å². The molecule has 0 spiro atoms. The van der Waals surface area contributed by atoms with Gasteiger partial charge in [-0.25, -0.2) is 0 Å². The van der Waals surface area contributed by atoms with E-state index in [1.54, 1.807) is 11.1 Å². The molecule has 4 rings (SSSR count). The van der Waals surface area contributed by atoms with Crippen LogP contribution in [0.15, 0.2) is 23.3 Å². The van der Waals surface area contributed by atoms with Crippen molar-refractivity contribution in [3.05, 3.63) is 23.3 Å². The van der Waals surface area contributed by atoms with Gasteiger partial charge in [0, 0.05) is 0 Å². The van der Waals surface area contributed by atoms with Crippen molar-refractivity contribution >= 4 is 0 Å². The Hall–Kier alpha value is -0.520. The van der Waals surface area contributed by atoms with Gasteiger partial charge in [-0.2, -0.15) is 0 Å². The van der Waals surface area contributed by atoms with E-state index >= 15 is 0 Å². The van der Waals surface area contributed by atoms with Crippen LogP contribution < -0.4 is 0 Å². The van der Waals surface area contributed by atoms with Crippen LogP contribution in [0.3, 0.4) is 0 Å². The smallest absolute Gasteiger partial charge is 0.00443 e. The standard InChI is InChI=1S/C22H34/c1-15-9-12-22(4)18(13-15)7-8-19-17-6-5-16(2)21(3,14-17)11-10-20(19)22/h7,13,16-17,19-20H,5-6,8-12,14H2,1-4H3/t16?,17?,19?,20?,21-,22-/m0/s1. The minimum absolute atomic E-state index is 0.486. The lowest BCUT2D eigenvalue weighted by Crippen LogP contribution is -2.41. The molecule has 0 heteroatoms. The van der Waals surface area contributed by atoms with E-state index in [1.807, 2.05) is 0 Å². The molecule has 4 unspecified atom stereocenters. The first kappa shape index (κ1) is 15.0. The number of fused-ring (bicyclic) bond motifs is 6. The van der Waals surface area contributed by atoms with E-state index in [2.05, 4.69) is 39.8 Å². The summed E-state index contributed by atoms with van der Waals surface area (Å²) in [5.74, 6) is 3.89. The highest BCUT2D eigenvalue weighted by molar-refractivity contribution is 5.36. The molecule has 4 aliphatic rings. The van der Waals surface area contributed by atoms with Crippen LogP contribution in [0.1, 0.15) is 79.1 Å². The van der Waals surface area contributed by atoms with E-state index in [9.17, 15) is 0 Å². The zero-order valence-corrected chi connectivity index (χ0v) is 15.1. The van der Waals surface area contributed by atoms with E-state index in [1.165, 1.54) is 51.4 Å². The van der Waals surface area contributed by atoms with Crippen molar-refractivity contribution in [3.63, 3.8) is 0 Å². The fraction of sp³-hybridized carbons (Fsp3) is 0.818. The summed E-state index contributed by atoms with van der Waals surface area (Å²) >= 11 is 0. The van der Waals surface area contributed by atoms with E-state index in [0.29, 0.717) is 10.8 Å². The quantitative estimate of drug-likeness (QED) is 0.477. The largest absolute Gasteiger partial charge is 0.0805 e. The second-order valence-electron chi connectivity index (χ2n) is 9.71. The zero-order valence-electron chi connectivity index (χ0n) is 15.1. The van der Waals surface area contributed by atoms with Crippen molar-refractivity contribution < 1.29 is 0 Å². The van der Waals surface area contributed by atoms with Gasteiger partial charge in [0.05, 0.1) is 0 Å². The molecule has 0 amide bonds. The molecule has 0 nitrogen and oxygen atoms in total. The number of allylic oxidation sites excluding steroid dienone is 4. The van der Waals surface area contributed by atoms with Crippen molar-refractivity contribution in [3.8, 4) is 0 Å². The Labute approximate surface area is 137 Å². The first-order chi connectivity index (χ1) is 10.4. The predicted octanol–water partition coefficient (Wildman–Crippen LogP) is 6.53. The molecule has 0 aromatic heterocycles. The summed E-state index contributed by atoms with van der Waals surface area (Å²) in [4.78, 5) is 0. The summed E-state index contributed by atoms with van der Waals surface area (Å²) in [5.41, 5.74) is 4.43. The lowest BCUT2D eigenvalue weighted by atomic mass is 9.54. The number of hydrogen-bond acceptors (Lipinski definition) is 0. The zero-order chi connectivity index (χ0) is 15.5. The predicted molar refractivity (Wildman–Crippen MR) is 94.6 cm³/mol. The van der Waals surface area contributed by atoms with Crippen molar-refractivity contribution in [1.29, 1.82) is 0 Å². The summed E-state index contributed by atoms with van der Waals surface area (Å²) in [6.45, 7) is 10.1. The molecular weight excluding hydrogens is 264 g/mol. The van der Waals surface area contributed by atoms with Gasteiger partial charge in [0.25, 0.3) is 0 Å². The highest BCUT2D eigenvalue weighted by Crippen LogP contribution is 2.61. The van der Waals surface area contributed by atoms with Gasteiger partial charge >= 0.3 is 0 Å². The van der Waals surface area contributed by atoms with Crippen molar-refractivity contribution in [1.82, 2.24) is 0 Å². The summed E-state index contributed by atoms with van der Waals surface area (Å²) < 4.78 is 0. The average Bonchev–Trinajstić information content (AvgIpc) is 2.61. The highest BCUT2D eigenvalue weighted by Gasteiger charge is 2.52. The topological polar surface area (TPSA) is 0 Å². The molecule has 0 heterocycles. The van der Waals surface area contributed by atoms with Gasteiger partial charge in [-0.15, -0.1) is 0 Å². The number of rotatable bonds is 0. The van der Waals surface area contributed by atoms with Crippen LogP contribution >= 0.6 is 0 Å². The first-order valence-electron chi connectivity index (χ1n) is 9.80. The summed E-state index contributed by atoms with van der Waals surface area (Å²) in [6, 6.07) is 0. The minimum atomic E-state index is 0.486. The Morgan fingerprint density at radius 2 is 1.91 bits per heavy atom. The molecule has 0 aromatic carbocycles. The van der Waals surface area contributed by atoms with Gasteiger partial charge in [-0.3, -0.25) is 0 Å². The summed E-state index contributed by atoms with van der Waals surface area (Å²) in [6.07, 6.45) is 16.8. The second kappa shape index (κ2) is 4.99. The molecule has 6 atom stereocenters. The molecule has 2 fully saturated rings. The average molecular weight is 299 g/mol. The lowest BCUT2D eigenvalue weighted by Gasteiger charge is -2.50. The van der Waals surface area contributed by atoms with Crippen molar-refractivity contribution in [2.45, 2.75) is 79.1 Å². The van der Waals surface area contributed by atoms with Crippen LogP contribution in [0.5, 0.6) is 0 Å². The van der Waals surface area contributed by atoms with Gasteiger partial charge in [-0.1, -0.05) is 38.5 Å². The molecule has 0 N–H and O–H groups in total. The Bertz CT molecular complexity index is 524. The van der Waals surface area contributed by atoms with Crippen LogP contribution in [0.2, 0.25) is 0 Å². The molecule has 4 aliphatic carbocycles. The molecular formula is C22H34. The molecule has 2 saturated carbocycles. The van der Waals surface area contributed by atoms with Gasteiger partial charge < -0.3 is 0 Å². The SMILES string of the molecule is CC1=CC2=CCC3C4CCC(C)[C@@](C)(CCC3[C@@]2(C)CC1)C4. The van der Waals surface area contributed by atoms with Gasteiger partial charge in [0.15, 0.2) is 0 Å². The third-order valence-electron chi connectivity index (χ3n) is 8.57. The summed E-state index contributed by atoms with van der Waals surface area (Å²) in [5, 5.41) is 0. The summed E-state index contributed by atoms with van der Waals surface area (Å²) in [7, 11) is 0. The van der Waals surface area contributed by atoms with E-state index in [4.69, 9.17) is 0 Å². The maximum atomic E-state index is 2.64. The van der Waals surface area contributed by atoms with E-state index < -0.39 is 0 Å². The van der Waals surface area contributed by atoms with Crippen LogP contribution in [-0.2, 0) is 0 Å². The Morgan fingerprint density at radius 1 is 1.09 bits per heavy atom. The molecule has 122 valence electrons. The van der Waals surface area contributed by atoms with Gasteiger partial charge in [-0.05, 0) is 98.4 Å². The monoisotopic (exact) mass is 298 g/mol. The molecule has 0 aliphatic heterocycles. The van der Waals surface area contributed by atoms with Crippen LogP contribution in [-0.4, -0.2) is 0 Å². The van der Waals surface area contributed by atoms with E-state index in [-0.39, 0.29) is 0 Å². The van der Waals surface area contributed by atoms with Crippen molar-refractivity contribution in [2.24, 2.45) is 34.5 Å². The van der Waals surface area contributed by atoms with Gasteiger partial charge in [0.2, 0.25) is 0 Å². The molecule has 0 radical (unpaired) electrons. The maximum absolute atomic E-state index is 2.64. The normalized spacial score (nSPS) is 51.1. The number of hydrogen-bond donors (Lipinski definition) is 0. The van der Waals surface area contributed by atoms with Crippen LogP contribution in [0.4, 0.5) is 0 Å². The third-order valence-corrected chi connectivity index (χ3v) is 8.57. The van der Waals surface area contributed by atoms with Crippen LogP contribution in [0.25, 0.3) is 0 Å². The molecule has 22 heavy (non-hydrogen) atoms. The van der Waals surface area contributed by atoms with Crippen LogP contribution in [0, 0.1) is 34.5 Å². The molecule has 2 bridgehead atoms. The Morgan fingerprint density at radius 3 is 2.73 bits per heavy atom. The lowest BCUT2D eigenvalue weighted by molar-refractivity contribution is 0.0528. The second-order valence-corrected chi connectivity index (χ2v) is 9.71. The molecule has 0 saturated heterocycles. The minimum Gasteiger partial charge on any atom is -0.0805 e. The molecule has 0 aromatic rings. The fourth-order valence-corrected chi connectivity index (χ4v) is 6.66. The third kappa shape index (κ3) is 2.09. The maximum Gasteiger partial charge on any atom is -0.00443 e. The van der Waals surface area contributed by atoms with Gasteiger partial charge in [0.1, 0.15) is 0 Å². The van der Waals surface area contributed by atoms with E-state index in [0.717, 1.165) is 23.7 Å². The Kier molecular flexibility index (Phi) is 3.41. The fourth-order valence-electron chi connectivity index (χ4n) is 6.66.